The van der Waals surface area contributed by atoms with Gasteiger partial charge in [0, 0.05) is 30.7 Å². The highest BCUT2D eigenvalue weighted by atomic mass is 32.1. The molecule has 2 aromatic heterocycles. The van der Waals surface area contributed by atoms with Crippen molar-refractivity contribution in [2.45, 2.75) is 6.54 Å². The smallest absolute Gasteiger partial charge is 0.250 e. The normalized spacial score (nSPS) is 9.88. The molecule has 0 amide bonds. The molecule has 0 aliphatic heterocycles. The van der Waals surface area contributed by atoms with Gasteiger partial charge in [-0.15, -0.1) is 11.3 Å². The van der Waals surface area contributed by atoms with Gasteiger partial charge in [0.05, 0.1) is 5.69 Å². The summed E-state index contributed by atoms with van der Waals surface area (Å²) in [4.78, 5) is 13.0. The predicted molar refractivity (Wildman–Crippen MR) is 68.0 cm³/mol. The fourth-order valence-corrected chi connectivity index (χ4v) is 2.17. The highest BCUT2D eigenvalue weighted by molar-refractivity contribution is 7.12. The van der Waals surface area contributed by atoms with Crippen molar-refractivity contribution in [1.29, 1.82) is 5.26 Å². The Labute approximate surface area is 103 Å². The summed E-state index contributed by atoms with van der Waals surface area (Å²) in [5.41, 5.74) is 0.859. The molecule has 86 valence electrons. The van der Waals surface area contributed by atoms with Crippen LogP contribution in [0.4, 0.5) is 5.69 Å². The predicted octanol–water partition coefficient (Wildman–Crippen LogP) is 1.93. The minimum atomic E-state index is -0.0292. The first-order valence-electron chi connectivity index (χ1n) is 5.08. The lowest BCUT2D eigenvalue weighted by Crippen LogP contribution is -2.15. The van der Waals surface area contributed by atoms with E-state index in [1.165, 1.54) is 22.0 Å². The van der Waals surface area contributed by atoms with Gasteiger partial charge >= 0.3 is 0 Å². The molecule has 4 nitrogen and oxygen atoms in total. The Morgan fingerprint density at radius 2 is 2.24 bits per heavy atom. The molecular weight excluding hydrogens is 234 g/mol. The van der Waals surface area contributed by atoms with Crippen molar-refractivity contribution in [3.63, 3.8) is 0 Å². The van der Waals surface area contributed by atoms with Gasteiger partial charge in [-0.25, -0.2) is 0 Å². The highest BCUT2D eigenvalue weighted by Gasteiger charge is 2.00. The van der Waals surface area contributed by atoms with Crippen molar-refractivity contribution < 1.29 is 0 Å². The van der Waals surface area contributed by atoms with Crippen molar-refractivity contribution >= 4 is 17.0 Å². The number of rotatable bonds is 3. The minimum Gasteiger partial charge on any atom is -0.379 e. The Bertz CT molecular complexity index is 621. The fourth-order valence-electron chi connectivity index (χ4n) is 1.42. The fraction of sp³-hybridized carbons (Fsp3) is 0.167. The van der Waals surface area contributed by atoms with E-state index >= 15 is 0 Å². The van der Waals surface area contributed by atoms with Crippen LogP contribution >= 0.6 is 11.3 Å². The Morgan fingerprint density at radius 1 is 1.41 bits per heavy atom. The standard InChI is InChI=1S/C12H11N3OS/c1-15-8-9(2-5-12(15)16)14-7-11-4-3-10(6-13)17-11/h2-5,8,14H,7H2,1H3. The van der Waals surface area contributed by atoms with Crippen molar-refractivity contribution in [2.24, 2.45) is 7.05 Å². The number of nitriles is 1. The van der Waals surface area contributed by atoms with E-state index in [4.69, 9.17) is 5.26 Å². The Balaban J connectivity index is 2.05. The van der Waals surface area contributed by atoms with Crippen LogP contribution in [0.1, 0.15) is 9.75 Å². The lowest BCUT2D eigenvalue weighted by atomic mass is 10.4. The number of hydrogen-bond donors (Lipinski definition) is 1. The van der Waals surface area contributed by atoms with Gasteiger partial charge in [-0.2, -0.15) is 5.26 Å². The van der Waals surface area contributed by atoms with E-state index in [9.17, 15) is 4.79 Å². The molecule has 0 aromatic carbocycles. The van der Waals surface area contributed by atoms with Crippen LogP contribution in [0.25, 0.3) is 0 Å². The minimum absolute atomic E-state index is 0.0292. The van der Waals surface area contributed by atoms with Gasteiger partial charge in [0.1, 0.15) is 10.9 Å². The number of pyridine rings is 1. The maximum Gasteiger partial charge on any atom is 0.250 e. The molecule has 0 saturated carbocycles. The summed E-state index contributed by atoms with van der Waals surface area (Å²) in [5, 5.41) is 11.9. The molecule has 2 heterocycles. The lowest BCUT2D eigenvalue weighted by molar-refractivity contribution is 0.859. The van der Waals surface area contributed by atoms with Crippen molar-refractivity contribution in [1.82, 2.24) is 4.57 Å². The third-order valence-corrected chi connectivity index (χ3v) is 3.31. The van der Waals surface area contributed by atoms with Crippen LogP contribution in [0.3, 0.4) is 0 Å². The summed E-state index contributed by atoms with van der Waals surface area (Å²) in [5.74, 6) is 0. The summed E-state index contributed by atoms with van der Waals surface area (Å²) in [6.45, 7) is 0.657. The second kappa shape index (κ2) is 4.85. The molecule has 0 bridgehead atoms. The molecular formula is C12H11N3OS. The highest BCUT2D eigenvalue weighted by Crippen LogP contribution is 2.16. The molecule has 0 aliphatic carbocycles. The summed E-state index contributed by atoms with van der Waals surface area (Å²) in [7, 11) is 1.71. The van der Waals surface area contributed by atoms with Crippen LogP contribution in [0.2, 0.25) is 0 Å². The number of aromatic nitrogens is 1. The summed E-state index contributed by atoms with van der Waals surface area (Å²) >= 11 is 1.47. The topological polar surface area (TPSA) is 57.8 Å². The van der Waals surface area contributed by atoms with Crippen LogP contribution in [0.15, 0.2) is 35.3 Å². The van der Waals surface area contributed by atoms with E-state index < -0.39 is 0 Å². The second-order valence-electron chi connectivity index (χ2n) is 3.60. The number of hydrogen-bond acceptors (Lipinski definition) is 4. The number of aryl methyl sites for hydroxylation is 1. The monoisotopic (exact) mass is 245 g/mol. The first kappa shape index (κ1) is 11.4. The molecule has 0 fully saturated rings. The quantitative estimate of drug-likeness (QED) is 0.899. The largest absolute Gasteiger partial charge is 0.379 e. The van der Waals surface area contributed by atoms with Crippen LogP contribution in [0, 0.1) is 11.3 Å². The third-order valence-electron chi connectivity index (χ3n) is 2.32. The van der Waals surface area contributed by atoms with Crippen molar-refractivity contribution in [3.05, 3.63) is 50.6 Å². The van der Waals surface area contributed by atoms with E-state index in [0.717, 1.165) is 10.6 Å². The summed E-state index contributed by atoms with van der Waals surface area (Å²) in [6.07, 6.45) is 1.75. The van der Waals surface area contributed by atoms with Crippen LogP contribution in [-0.4, -0.2) is 4.57 Å². The number of nitrogens with zero attached hydrogens (tertiary/aromatic N) is 2. The molecule has 5 heteroatoms. The van der Waals surface area contributed by atoms with E-state index in [-0.39, 0.29) is 5.56 Å². The van der Waals surface area contributed by atoms with E-state index in [1.807, 2.05) is 12.1 Å². The summed E-state index contributed by atoms with van der Waals surface area (Å²) < 4.78 is 1.53. The molecule has 0 radical (unpaired) electrons. The van der Waals surface area contributed by atoms with E-state index in [1.54, 1.807) is 19.3 Å². The van der Waals surface area contributed by atoms with Gasteiger partial charge in [-0.3, -0.25) is 4.79 Å². The maximum atomic E-state index is 11.2. The second-order valence-corrected chi connectivity index (χ2v) is 4.77. The van der Waals surface area contributed by atoms with E-state index in [0.29, 0.717) is 11.4 Å². The third kappa shape index (κ3) is 2.74. The zero-order chi connectivity index (χ0) is 12.3. The van der Waals surface area contributed by atoms with Crippen molar-refractivity contribution in [2.75, 3.05) is 5.32 Å². The van der Waals surface area contributed by atoms with Gasteiger partial charge in [0.2, 0.25) is 5.56 Å². The average Bonchev–Trinajstić information content (AvgIpc) is 2.79. The zero-order valence-electron chi connectivity index (χ0n) is 9.30. The Morgan fingerprint density at radius 3 is 2.88 bits per heavy atom. The molecule has 17 heavy (non-hydrogen) atoms. The maximum absolute atomic E-state index is 11.2. The zero-order valence-corrected chi connectivity index (χ0v) is 10.1. The molecule has 2 aromatic rings. The Kier molecular flexibility index (Phi) is 3.26. The van der Waals surface area contributed by atoms with Gasteiger partial charge < -0.3 is 9.88 Å². The average molecular weight is 245 g/mol. The number of nitrogens with one attached hydrogen (secondary N) is 1. The van der Waals surface area contributed by atoms with Gasteiger partial charge in [-0.1, -0.05) is 0 Å². The summed E-state index contributed by atoms with van der Waals surface area (Å²) in [6, 6.07) is 9.12. The van der Waals surface area contributed by atoms with Crippen molar-refractivity contribution in [3.8, 4) is 6.07 Å². The molecule has 0 unspecified atom stereocenters. The SMILES string of the molecule is Cn1cc(NCc2ccc(C#N)s2)ccc1=O. The molecule has 0 aliphatic rings. The van der Waals surface area contributed by atoms with Crippen LogP contribution < -0.4 is 10.9 Å². The van der Waals surface area contributed by atoms with E-state index in [2.05, 4.69) is 11.4 Å². The molecule has 0 atom stereocenters. The first-order valence-corrected chi connectivity index (χ1v) is 5.90. The van der Waals surface area contributed by atoms with Gasteiger partial charge in [0.25, 0.3) is 0 Å². The van der Waals surface area contributed by atoms with Crippen LogP contribution in [-0.2, 0) is 13.6 Å². The number of thiophene rings is 1. The molecule has 1 N–H and O–H groups in total. The first-order chi connectivity index (χ1) is 8.19. The lowest BCUT2D eigenvalue weighted by Gasteiger charge is -2.05. The number of anilines is 1. The molecule has 2 rings (SSSR count). The molecule has 0 saturated heterocycles. The van der Waals surface area contributed by atoms with Gasteiger partial charge in [0.15, 0.2) is 0 Å². The van der Waals surface area contributed by atoms with Gasteiger partial charge in [-0.05, 0) is 18.2 Å². The van der Waals surface area contributed by atoms with Crippen LogP contribution in [0.5, 0.6) is 0 Å². The Hall–Kier alpha value is -2.06. The molecule has 0 spiro atoms.